The molecule has 0 fully saturated rings. The number of hydrogen-bond donors (Lipinski definition) is 4. The number of nitrogens with zero attached hydrogens (tertiary/aromatic N) is 8. The Morgan fingerprint density at radius 2 is 1.14 bits per heavy atom. The van der Waals surface area contributed by atoms with Crippen LogP contribution in [0, 0.1) is 0 Å². The van der Waals surface area contributed by atoms with E-state index in [4.69, 9.17) is 80.9 Å². The number of hydrogen-bond acceptors (Lipinski definition) is 14. The number of carbonyl (C=O) groups excluding carboxylic acids is 2. The van der Waals surface area contributed by atoms with Gasteiger partial charge in [0.1, 0.15) is 0 Å². The molecule has 2 aliphatic heterocycles. The van der Waals surface area contributed by atoms with Crippen LogP contribution in [-0.2, 0) is 50.5 Å². The first-order valence-electron chi connectivity index (χ1n) is 11.4. The van der Waals surface area contributed by atoms with E-state index in [0.29, 0.717) is 13.1 Å². The van der Waals surface area contributed by atoms with Gasteiger partial charge in [-0.05, 0) is 45.9 Å². The van der Waals surface area contributed by atoms with Crippen molar-refractivity contribution in [3.63, 3.8) is 0 Å². The fraction of sp³-hybridized carbons (Fsp3) is 0.200. The maximum absolute atomic E-state index is 12.4. The molecule has 4 heterocycles. The van der Waals surface area contributed by atoms with E-state index in [1.807, 2.05) is 12.2 Å². The number of aromatic nitrogens is 4. The minimum absolute atomic E-state index is 0.0666. The summed E-state index contributed by atoms with van der Waals surface area (Å²) in [6, 6.07) is 0. The molecule has 0 aliphatic carbocycles. The number of H-pyrrole nitrogens is 2. The van der Waals surface area contributed by atoms with Gasteiger partial charge in [-0.1, -0.05) is 12.2 Å². The molecule has 2 N–H and O–H groups in total. The first-order chi connectivity index (χ1) is 20.5. The summed E-state index contributed by atoms with van der Waals surface area (Å²) in [7, 11) is 0. The summed E-state index contributed by atoms with van der Waals surface area (Å²) in [5.74, 6) is -0.747. The number of imidazole rings is 2. The second-order valence-corrected chi connectivity index (χ2v) is 12.2. The number of aromatic amines is 2. The van der Waals surface area contributed by atoms with Crippen LogP contribution in [0.25, 0.3) is 0 Å². The van der Waals surface area contributed by atoms with Crippen molar-refractivity contribution in [2.24, 2.45) is 0 Å². The van der Waals surface area contributed by atoms with Crippen molar-refractivity contribution in [1.29, 1.82) is 0 Å². The second-order valence-electron chi connectivity index (χ2n) is 7.53. The van der Waals surface area contributed by atoms with E-state index in [1.54, 1.807) is 22.4 Å². The molecular formula is C20H20MoN10O4S8. The number of nitrogens with one attached hydrogen (secondary N) is 2. The van der Waals surface area contributed by atoms with Crippen molar-refractivity contribution in [3.8, 4) is 0 Å². The zero-order valence-corrected chi connectivity index (χ0v) is 30.1. The summed E-state index contributed by atoms with van der Waals surface area (Å²) in [4.78, 5) is 38.1. The van der Waals surface area contributed by atoms with Gasteiger partial charge in [-0.25, -0.2) is 20.0 Å². The van der Waals surface area contributed by atoms with E-state index in [-0.39, 0.29) is 28.9 Å². The number of thiocarbonyl (C=S) groups is 4. The zero-order valence-electron chi connectivity index (χ0n) is 21.4. The van der Waals surface area contributed by atoms with Crippen LogP contribution in [0.15, 0.2) is 49.3 Å². The molecule has 0 saturated heterocycles. The number of hydrazine groups is 4. The van der Waals surface area contributed by atoms with Crippen LogP contribution < -0.4 is 0 Å². The average Bonchev–Trinajstić information content (AvgIpc) is 3.78. The fourth-order valence-electron chi connectivity index (χ4n) is 3.35. The molecule has 2 aliphatic rings. The van der Waals surface area contributed by atoms with Gasteiger partial charge >= 0.3 is 37.1 Å². The Bertz CT molecular complexity index is 1320. The van der Waals surface area contributed by atoms with Crippen LogP contribution in [0.2, 0.25) is 0 Å². The molecule has 0 bridgehead atoms. The van der Waals surface area contributed by atoms with Crippen LogP contribution in [0.3, 0.4) is 0 Å². The fourth-order valence-corrected chi connectivity index (χ4v) is 4.77. The third kappa shape index (κ3) is 10.5. The van der Waals surface area contributed by atoms with E-state index in [2.05, 4.69) is 45.2 Å². The standard InChI is InChI=1S/2C10H11N5OS4.Mo.2O/c2*16-8(7-11-3-4-12-7)14(9(17)18)15(10(19)20)13-5-1-2-6-13;;;/h2*1,3-5H,2,6H2,(H,11,12)(H,17,18)(H,19,20);;;/q;;+2;;/p-2. The van der Waals surface area contributed by atoms with Crippen LogP contribution in [-0.4, -0.2) is 92.4 Å². The Kier molecular flexibility index (Phi) is 16.0. The normalized spacial score (nSPS) is 12.6. The van der Waals surface area contributed by atoms with E-state index in [9.17, 15) is 9.59 Å². The molecule has 0 radical (unpaired) electrons. The summed E-state index contributed by atoms with van der Waals surface area (Å²) in [6.07, 6.45) is 15.2. The summed E-state index contributed by atoms with van der Waals surface area (Å²) >= 11 is 36.4. The Balaban J connectivity index is 0.000000275. The predicted octanol–water partition coefficient (Wildman–Crippen LogP) is 2.26. The monoisotopic (exact) mass is 818 g/mol. The number of thiol groups is 2. The van der Waals surface area contributed by atoms with Crippen molar-refractivity contribution in [2.75, 3.05) is 13.1 Å². The first-order valence-corrected chi connectivity index (χ1v) is 16.4. The molecule has 4 rings (SSSR count). The van der Waals surface area contributed by atoms with Crippen LogP contribution in [0.1, 0.15) is 34.1 Å². The van der Waals surface area contributed by atoms with Gasteiger partial charge in [0.2, 0.25) is 0 Å². The molecule has 0 saturated carbocycles. The molecule has 0 atom stereocenters. The Morgan fingerprint density at radius 1 is 0.791 bits per heavy atom. The van der Waals surface area contributed by atoms with E-state index >= 15 is 0 Å². The van der Waals surface area contributed by atoms with Gasteiger partial charge < -0.3 is 59.7 Å². The molecule has 0 aromatic carbocycles. The zero-order chi connectivity index (χ0) is 32.1. The third-order valence-electron chi connectivity index (χ3n) is 4.94. The van der Waals surface area contributed by atoms with Gasteiger partial charge in [0.05, 0.1) is 0 Å². The van der Waals surface area contributed by atoms with Crippen molar-refractivity contribution in [2.45, 2.75) is 12.8 Å². The molecule has 228 valence electrons. The van der Waals surface area contributed by atoms with Crippen LogP contribution >= 0.6 is 74.1 Å². The molecule has 2 aromatic heterocycles. The van der Waals surface area contributed by atoms with Crippen molar-refractivity contribution in [1.82, 2.24) is 50.2 Å². The SMILES string of the molecule is O=C(c1ncc[nH]1)N(C(=S)[S-])N(C(=S)S)N1C=CCC1.O=C(c1ncc[nH]1)N(C(=S)[S-])N(C(=S)S)N1C=CCC1.[O]=[Mo+2]=[O]. The molecule has 23 heteroatoms. The van der Waals surface area contributed by atoms with E-state index in [0.717, 1.165) is 22.9 Å². The number of amides is 2. The Morgan fingerprint density at radius 3 is 1.35 bits per heavy atom. The average molecular weight is 817 g/mol. The summed E-state index contributed by atoms with van der Waals surface area (Å²) < 4.78 is 17.2. The quantitative estimate of drug-likeness (QED) is 0.118. The minimum atomic E-state index is -2.03. The van der Waals surface area contributed by atoms with E-state index in [1.165, 1.54) is 35.0 Å². The number of rotatable bonds is 4. The molecule has 2 amide bonds. The molecular weight excluding hydrogens is 797 g/mol. The maximum atomic E-state index is 12.4. The first kappa shape index (κ1) is 37.0. The third-order valence-corrected chi connectivity index (χ3v) is 6.32. The van der Waals surface area contributed by atoms with Gasteiger partial charge in [0, 0.05) is 50.3 Å². The number of carbonyl (C=O) groups is 2. The van der Waals surface area contributed by atoms with E-state index < -0.39 is 30.3 Å². The van der Waals surface area contributed by atoms with Crippen molar-refractivity contribution >= 4 is 128 Å². The van der Waals surface area contributed by atoms with Gasteiger partial charge in [-0.2, -0.15) is 10.2 Å². The topological polar surface area (TPSA) is 145 Å². The van der Waals surface area contributed by atoms with Gasteiger partial charge in [0.15, 0.2) is 20.3 Å². The molecule has 0 unspecified atom stereocenters. The second kappa shape index (κ2) is 18.6. The molecule has 0 spiro atoms. The summed E-state index contributed by atoms with van der Waals surface area (Å²) in [5.41, 5.74) is 0. The molecule has 14 nitrogen and oxygen atoms in total. The van der Waals surface area contributed by atoms with Gasteiger partial charge in [0.25, 0.3) is 0 Å². The summed E-state index contributed by atoms with van der Waals surface area (Å²) in [6.45, 7) is 1.31. The van der Waals surface area contributed by atoms with Gasteiger partial charge in [-0.3, -0.25) is 19.6 Å². The molecule has 43 heavy (non-hydrogen) atoms. The summed E-state index contributed by atoms with van der Waals surface area (Å²) in [5, 5.41) is 8.34. The van der Waals surface area contributed by atoms with Crippen LogP contribution in [0.4, 0.5) is 0 Å². The Hall–Kier alpha value is -2.17. The molecule has 2 aromatic rings. The Labute approximate surface area is 298 Å². The van der Waals surface area contributed by atoms with Crippen LogP contribution in [0.5, 0.6) is 0 Å². The van der Waals surface area contributed by atoms with Crippen molar-refractivity contribution in [3.05, 3.63) is 61.0 Å². The van der Waals surface area contributed by atoms with Crippen molar-refractivity contribution < 1.29 is 34.9 Å². The van der Waals surface area contributed by atoms with Gasteiger partial charge in [-0.15, -0.1) is 25.3 Å². The predicted molar refractivity (Wildman–Crippen MR) is 179 cm³/mol.